The van der Waals surface area contributed by atoms with E-state index in [1.807, 2.05) is 6.92 Å². The normalized spacial score (nSPS) is 24.1. The van der Waals surface area contributed by atoms with Crippen LogP contribution >= 0.6 is 0 Å². The number of nitrogens with one attached hydrogen (secondary N) is 1. The van der Waals surface area contributed by atoms with Crippen LogP contribution in [0.25, 0.3) is 0 Å². The van der Waals surface area contributed by atoms with Gasteiger partial charge in [0.2, 0.25) is 5.91 Å². The maximum Gasteiger partial charge on any atom is 0.234 e. The molecule has 0 spiro atoms. The summed E-state index contributed by atoms with van der Waals surface area (Å²) in [6.45, 7) is 4.94. The molecule has 4 N–H and O–H groups in total. The van der Waals surface area contributed by atoms with E-state index in [0.717, 1.165) is 19.5 Å². The Hall–Kier alpha value is -0.650. The van der Waals surface area contributed by atoms with Crippen LogP contribution < -0.4 is 11.1 Å². The standard InChI is InChI=1S/C10H21N3O2/c1-8(14)9-2-5-13(6-9)7-10(15)12-4-3-11/h8-9,14H,2-7,11H2,1H3,(H,12,15). The summed E-state index contributed by atoms with van der Waals surface area (Å²) in [5, 5.41) is 12.1. The SMILES string of the molecule is CC(O)C1CCN(CC(=O)NCCN)C1. The average molecular weight is 215 g/mol. The molecule has 0 bridgehead atoms. The van der Waals surface area contributed by atoms with Crippen LogP contribution in [0.15, 0.2) is 0 Å². The molecule has 0 aromatic heterocycles. The van der Waals surface area contributed by atoms with Gasteiger partial charge in [0.25, 0.3) is 0 Å². The summed E-state index contributed by atoms with van der Waals surface area (Å²) in [7, 11) is 0. The lowest BCUT2D eigenvalue weighted by molar-refractivity contribution is -0.122. The third kappa shape index (κ3) is 4.15. The molecule has 1 heterocycles. The Labute approximate surface area is 90.6 Å². The maximum absolute atomic E-state index is 11.4. The van der Waals surface area contributed by atoms with Gasteiger partial charge in [-0.2, -0.15) is 0 Å². The summed E-state index contributed by atoms with van der Waals surface area (Å²) >= 11 is 0. The van der Waals surface area contributed by atoms with Crippen molar-refractivity contribution in [3.8, 4) is 0 Å². The highest BCUT2D eigenvalue weighted by Crippen LogP contribution is 2.18. The zero-order chi connectivity index (χ0) is 11.3. The summed E-state index contributed by atoms with van der Waals surface area (Å²) in [4.78, 5) is 13.4. The van der Waals surface area contributed by atoms with Crippen molar-refractivity contribution in [3.63, 3.8) is 0 Å². The van der Waals surface area contributed by atoms with E-state index in [-0.39, 0.29) is 12.0 Å². The number of nitrogens with zero attached hydrogens (tertiary/aromatic N) is 1. The van der Waals surface area contributed by atoms with Gasteiger partial charge >= 0.3 is 0 Å². The fraction of sp³-hybridized carbons (Fsp3) is 0.900. The first-order chi connectivity index (χ1) is 7.13. The van der Waals surface area contributed by atoms with Crippen molar-refractivity contribution in [2.24, 2.45) is 11.7 Å². The molecule has 1 aliphatic rings. The Morgan fingerprint density at radius 3 is 3.00 bits per heavy atom. The Kier molecular flexibility index (Phi) is 5.01. The molecule has 2 unspecified atom stereocenters. The first-order valence-corrected chi connectivity index (χ1v) is 5.50. The first-order valence-electron chi connectivity index (χ1n) is 5.50. The summed E-state index contributed by atoms with van der Waals surface area (Å²) in [6.07, 6.45) is 0.698. The quantitative estimate of drug-likeness (QED) is 0.536. The Morgan fingerprint density at radius 2 is 2.47 bits per heavy atom. The second-order valence-corrected chi connectivity index (χ2v) is 4.16. The molecule has 0 aromatic carbocycles. The molecule has 5 heteroatoms. The van der Waals surface area contributed by atoms with E-state index in [9.17, 15) is 9.90 Å². The predicted molar refractivity (Wildman–Crippen MR) is 58.3 cm³/mol. The topological polar surface area (TPSA) is 78.6 Å². The van der Waals surface area contributed by atoms with Crippen molar-refractivity contribution in [3.05, 3.63) is 0 Å². The summed E-state index contributed by atoms with van der Waals surface area (Å²) in [5.74, 6) is 0.332. The van der Waals surface area contributed by atoms with Crippen LogP contribution in [0.2, 0.25) is 0 Å². The van der Waals surface area contributed by atoms with E-state index in [4.69, 9.17) is 5.73 Å². The molecule has 5 nitrogen and oxygen atoms in total. The fourth-order valence-corrected chi connectivity index (χ4v) is 1.87. The summed E-state index contributed by atoms with van der Waals surface area (Å²) in [6, 6.07) is 0. The molecule has 88 valence electrons. The summed E-state index contributed by atoms with van der Waals surface area (Å²) < 4.78 is 0. The lowest BCUT2D eigenvalue weighted by Gasteiger charge is -2.16. The van der Waals surface area contributed by atoms with E-state index in [2.05, 4.69) is 10.2 Å². The van der Waals surface area contributed by atoms with Crippen LogP contribution in [0.1, 0.15) is 13.3 Å². The van der Waals surface area contributed by atoms with Crippen LogP contribution in [0.3, 0.4) is 0 Å². The van der Waals surface area contributed by atoms with Crippen LogP contribution in [0.4, 0.5) is 0 Å². The smallest absolute Gasteiger partial charge is 0.234 e. The Balaban J connectivity index is 2.20. The number of likely N-dealkylation sites (tertiary alicyclic amines) is 1. The molecule has 0 radical (unpaired) electrons. The highest BCUT2D eigenvalue weighted by molar-refractivity contribution is 5.78. The van der Waals surface area contributed by atoms with E-state index in [1.54, 1.807) is 0 Å². The lowest BCUT2D eigenvalue weighted by Crippen LogP contribution is -2.38. The molecule has 1 rings (SSSR count). The largest absolute Gasteiger partial charge is 0.393 e. The number of carbonyl (C=O) groups excluding carboxylic acids is 1. The molecule has 0 saturated carbocycles. The van der Waals surface area contributed by atoms with Gasteiger partial charge in [-0.15, -0.1) is 0 Å². The molecule has 0 aliphatic carbocycles. The van der Waals surface area contributed by atoms with Gasteiger partial charge in [0.1, 0.15) is 0 Å². The van der Waals surface area contributed by atoms with Crippen molar-refractivity contribution < 1.29 is 9.90 Å². The van der Waals surface area contributed by atoms with Gasteiger partial charge in [0, 0.05) is 19.6 Å². The zero-order valence-corrected chi connectivity index (χ0v) is 9.28. The predicted octanol–water partition coefficient (Wildman–Crippen LogP) is -1.24. The number of hydrogen-bond donors (Lipinski definition) is 3. The highest BCUT2D eigenvalue weighted by Gasteiger charge is 2.26. The highest BCUT2D eigenvalue weighted by atomic mass is 16.3. The third-order valence-electron chi connectivity index (χ3n) is 2.82. The molecule has 1 aliphatic heterocycles. The summed E-state index contributed by atoms with van der Waals surface area (Å²) in [5.41, 5.74) is 5.29. The van der Waals surface area contributed by atoms with Crippen molar-refractivity contribution in [2.75, 3.05) is 32.7 Å². The van der Waals surface area contributed by atoms with Gasteiger partial charge in [-0.1, -0.05) is 0 Å². The molecule has 0 aromatic rings. The molecule has 1 fully saturated rings. The second-order valence-electron chi connectivity index (χ2n) is 4.16. The maximum atomic E-state index is 11.4. The minimum atomic E-state index is -0.276. The first kappa shape index (κ1) is 12.4. The Bertz CT molecular complexity index is 209. The van der Waals surface area contributed by atoms with Crippen molar-refractivity contribution in [1.82, 2.24) is 10.2 Å². The minimum Gasteiger partial charge on any atom is -0.393 e. The number of carbonyl (C=O) groups is 1. The van der Waals surface area contributed by atoms with Gasteiger partial charge < -0.3 is 16.2 Å². The third-order valence-corrected chi connectivity index (χ3v) is 2.82. The Morgan fingerprint density at radius 1 is 1.73 bits per heavy atom. The van der Waals surface area contributed by atoms with E-state index >= 15 is 0 Å². The van der Waals surface area contributed by atoms with Gasteiger partial charge in [0.05, 0.1) is 12.6 Å². The monoisotopic (exact) mass is 215 g/mol. The minimum absolute atomic E-state index is 0.0201. The van der Waals surface area contributed by atoms with Gasteiger partial charge in [-0.3, -0.25) is 9.69 Å². The number of amides is 1. The molecule has 15 heavy (non-hydrogen) atoms. The number of aliphatic hydroxyl groups is 1. The molecule has 1 saturated heterocycles. The van der Waals surface area contributed by atoms with Crippen LogP contribution in [0.5, 0.6) is 0 Å². The fourth-order valence-electron chi connectivity index (χ4n) is 1.87. The molecular weight excluding hydrogens is 194 g/mol. The van der Waals surface area contributed by atoms with Crippen LogP contribution in [0, 0.1) is 5.92 Å². The van der Waals surface area contributed by atoms with Gasteiger partial charge in [-0.05, 0) is 25.8 Å². The zero-order valence-electron chi connectivity index (χ0n) is 9.28. The molecular formula is C10H21N3O2. The van der Waals surface area contributed by atoms with Crippen molar-refractivity contribution in [1.29, 1.82) is 0 Å². The van der Waals surface area contributed by atoms with Crippen molar-refractivity contribution >= 4 is 5.91 Å². The van der Waals surface area contributed by atoms with E-state index in [1.165, 1.54) is 0 Å². The number of rotatable bonds is 5. The van der Waals surface area contributed by atoms with Gasteiger partial charge in [-0.25, -0.2) is 0 Å². The number of hydrogen-bond acceptors (Lipinski definition) is 4. The number of nitrogens with two attached hydrogens (primary N) is 1. The number of aliphatic hydroxyl groups excluding tert-OH is 1. The van der Waals surface area contributed by atoms with Gasteiger partial charge in [0.15, 0.2) is 0 Å². The van der Waals surface area contributed by atoms with Crippen molar-refractivity contribution in [2.45, 2.75) is 19.4 Å². The van der Waals surface area contributed by atoms with Crippen LogP contribution in [-0.4, -0.2) is 54.7 Å². The van der Waals surface area contributed by atoms with E-state index in [0.29, 0.717) is 25.6 Å². The second kappa shape index (κ2) is 6.05. The van der Waals surface area contributed by atoms with Crippen LogP contribution in [-0.2, 0) is 4.79 Å². The lowest BCUT2D eigenvalue weighted by atomic mass is 10.0. The van der Waals surface area contributed by atoms with E-state index < -0.39 is 0 Å². The average Bonchev–Trinajstić information content (AvgIpc) is 2.63. The molecule has 1 amide bonds. The molecule has 2 atom stereocenters.